The summed E-state index contributed by atoms with van der Waals surface area (Å²) in [5.41, 5.74) is 0. The van der Waals surface area contributed by atoms with Gasteiger partial charge in [-0.1, -0.05) is 0 Å². The van der Waals surface area contributed by atoms with E-state index in [0.29, 0.717) is 0 Å². The third kappa shape index (κ3) is 8.83. The fraction of sp³-hybridized carbons (Fsp3) is 0. The molecule has 4 heavy (non-hydrogen) atoms. The van der Waals surface area contributed by atoms with Crippen molar-refractivity contribution in [2.24, 2.45) is 0 Å². The van der Waals surface area contributed by atoms with Crippen LogP contribution in [0.4, 0.5) is 4.70 Å². The molecule has 0 aliphatic carbocycles. The van der Waals surface area contributed by atoms with E-state index in [1.165, 1.54) is 0 Å². The van der Waals surface area contributed by atoms with E-state index in [2.05, 4.69) is 0 Å². The van der Waals surface area contributed by atoms with Crippen LogP contribution in [0.5, 0.6) is 0 Å². The Morgan fingerprint density at radius 3 is 1.25 bits per heavy atom. The predicted octanol–water partition coefficient (Wildman–Crippen LogP) is -3.56. The molecule has 0 aliphatic heterocycles. The molecule has 0 fully saturated rings. The van der Waals surface area contributed by atoms with E-state index >= 15 is 0 Å². The molecule has 0 atom stereocenters. The van der Waals surface area contributed by atoms with Crippen LogP contribution >= 0.6 is 0 Å². The summed E-state index contributed by atoms with van der Waals surface area (Å²) in [6, 6.07) is 0. The largest absolute Gasteiger partial charge is 1.00 e. The maximum atomic E-state index is 0. The molecule has 1 nitrogen and oxygen atoms in total. The normalized spacial score (nSPS) is 0. The van der Waals surface area contributed by atoms with Crippen molar-refractivity contribution in [2.75, 3.05) is 0 Å². The molecule has 0 saturated heterocycles. The number of hydrogen-bond donors (Lipinski definition) is 0. The van der Waals surface area contributed by atoms with Gasteiger partial charge in [-0.3, -0.25) is 4.70 Å². The van der Waals surface area contributed by atoms with Gasteiger partial charge in [0.05, 0.1) is 0 Å². The van der Waals surface area contributed by atoms with E-state index in [0.717, 1.165) is 0 Å². The molecular formula is H4FKLaO. The van der Waals surface area contributed by atoms with Crippen LogP contribution in [-0.2, 0) is 0 Å². The van der Waals surface area contributed by atoms with Gasteiger partial charge in [0.2, 0.25) is 0 Å². The van der Waals surface area contributed by atoms with Crippen LogP contribution in [0, 0.1) is 35.6 Å². The van der Waals surface area contributed by atoms with E-state index in [4.69, 9.17) is 0 Å². The van der Waals surface area contributed by atoms with Crippen molar-refractivity contribution < 1.29 is 98.6 Å². The second-order valence-electron chi connectivity index (χ2n) is 0. The first-order valence-corrected chi connectivity index (χ1v) is 0. The van der Waals surface area contributed by atoms with Gasteiger partial charge < -0.3 is 6.90 Å². The predicted molar refractivity (Wildman–Crippen MR) is 7.23 cm³/mol. The van der Waals surface area contributed by atoms with E-state index in [1.807, 2.05) is 0 Å². The Morgan fingerprint density at radius 1 is 1.25 bits per heavy atom. The van der Waals surface area contributed by atoms with Gasteiger partial charge in [-0.15, -0.1) is 0 Å². The second-order valence-corrected chi connectivity index (χ2v) is 0. The average molecular weight is 217 g/mol. The second kappa shape index (κ2) is 17.2. The molecule has 0 unspecified atom stereocenters. The van der Waals surface area contributed by atoms with Crippen molar-refractivity contribution in [2.45, 2.75) is 0 Å². The van der Waals surface area contributed by atoms with Gasteiger partial charge in [0, 0.05) is 35.6 Å². The van der Waals surface area contributed by atoms with Gasteiger partial charge in [0.1, 0.15) is 0 Å². The van der Waals surface area contributed by atoms with Gasteiger partial charge in [0.25, 0.3) is 0 Å². The van der Waals surface area contributed by atoms with Crippen LogP contribution in [-0.4, -0.2) is 5.48 Å². The summed E-state index contributed by atoms with van der Waals surface area (Å²) in [6.45, 7) is 0. The smallest absolute Gasteiger partial charge is 1.00 e. The van der Waals surface area contributed by atoms with Crippen LogP contribution in [0.3, 0.4) is 0 Å². The summed E-state index contributed by atoms with van der Waals surface area (Å²) in [5.74, 6) is 0. The monoisotopic (exact) mass is 217 g/mol. The van der Waals surface area contributed by atoms with Crippen LogP contribution in [0.2, 0.25) is 0 Å². The maximum Gasteiger partial charge on any atom is 1.00 e. The third-order valence-corrected chi connectivity index (χ3v) is 0. The molecular weight excluding hydrogens is 213 g/mol. The first-order valence-electron chi connectivity index (χ1n) is 0. The molecule has 0 saturated carbocycles. The van der Waals surface area contributed by atoms with Crippen LogP contribution in [0.15, 0.2) is 0 Å². The van der Waals surface area contributed by atoms with Crippen LogP contribution in [0.25, 0.3) is 0 Å². The summed E-state index contributed by atoms with van der Waals surface area (Å²) in [5, 5.41) is 0. The minimum Gasteiger partial charge on any atom is -1.00 e. The number of halogens is 1. The van der Waals surface area contributed by atoms with E-state index in [9.17, 15) is 0 Å². The van der Waals surface area contributed by atoms with Gasteiger partial charge in [-0.05, 0) is 0 Å². The molecule has 0 bridgehead atoms. The molecule has 0 heterocycles. The molecule has 0 aromatic heterocycles. The fourth-order valence-electron chi connectivity index (χ4n) is 0. The summed E-state index contributed by atoms with van der Waals surface area (Å²) < 4.78 is 0. The SMILES string of the molecule is F.O.[H-].[K+].[La]. The molecule has 0 amide bonds. The van der Waals surface area contributed by atoms with E-state index in [1.54, 1.807) is 0 Å². The van der Waals surface area contributed by atoms with Crippen molar-refractivity contribution in [1.29, 1.82) is 0 Å². The Hall–Kier alpha value is 2.72. The van der Waals surface area contributed by atoms with E-state index < -0.39 is 0 Å². The van der Waals surface area contributed by atoms with Crippen molar-refractivity contribution in [3.8, 4) is 0 Å². The number of rotatable bonds is 0. The van der Waals surface area contributed by atoms with Gasteiger partial charge >= 0.3 is 51.4 Å². The Kier molecular flexibility index (Phi) is 128. The molecule has 1 radical (unpaired) electrons. The first-order chi connectivity index (χ1) is 0. The third-order valence-electron chi connectivity index (χ3n) is 0. The average Bonchev–Trinajstić information content (AvgIpc) is 0. The molecule has 4 heteroatoms. The first kappa shape index (κ1) is 29.7. The summed E-state index contributed by atoms with van der Waals surface area (Å²) >= 11 is 0. The zero-order chi connectivity index (χ0) is 0. The van der Waals surface area contributed by atoms with Gasteiger partial charge in [-0.25, -0.2) is 0 Å². The van der Waals surface area contributed by atoms with Crippen LogP contribution in [0.1, 0.15) is 1.43 Å². The zero-order valence-electron chi connectivity index (χ0n) is 3.49. The number of hydrogen-bond acceptors (Lipinski definition) is 0. The van der Waals surface area contributed by atoms with E-state index in [-0.39, 0.29) is 98.6 Å². The molecule has 0 aromatic carbocycles. The maximum absolute atomic E-state index is 0. The molecule has 0 aromatic rings. The fourth-order valence-corrected chi connectivity index (χ4v) is 0. The summed E-state index contributed by atoms with van der Waals surface area (Å²) in [7, 11) is 0. The summed E-state index contributed by atoms with van der Waals surface area (Å²) in [6.07, 6.45) is 0. The Balaban J connectivity index is 0. The molecule has 2 N–H and O–H groups in total. The minimum absolute atomic E-state index is 0. The van der Waals surface area contributed by atoms with Crippen molar-refractivity contribution in [3.63, 3.8) is 0 Å². The molecule has 0 spiro atoms. The van der Waals surface area contributed by atoms with Crippen molar-refractivity contribution >= 4 is 0 Å². The zero-order valence-corrected chi connectivity index (χ0v) is 9.23. The molecule has 0 aliphatic rings. The molecule has 21 valence electrons. The minimum atomic E-state index is 0. The van der Waals surface area contributed by atoms with Gasteiger partial charge in [0.15, 0.2) is 0 Å². The quantitative estimate of drug-likeness (QED) is 0.376. The van der Waals surface area contributed by atoms with Crippen LogP contribution < -0.4 is 51.4 Å². The Bertz CT molecular complexity index is 11.6. The van der Waals surface area contributed by atoms with Crippen molar-refractivity contribution in [3.05, 3.63) is 0 Å². The Labute approximate surface area is 96.1 Å². The molecule has 0 rings (SSSR count). The standard InChI is InChI=1S/FH.K.La.H2O.H/h1H;;;1H2;/q;+1;;;-1. The summed E-state index contributed by atoms with van der Waals surface area (Å²) in [4.78, 5) is 0. The van der Waals surface area contributed by atoms with Gasteiger partial charge in [-0.2, -0.15) is 0 Å². The topological polar surface area (TPSA) is 31.5 Å². The van der Waals surface area contributed by atoms with Crippen molar-refractivity contribution in [1.82, 2.24) is 0 Å². The Morgan fingerprint density at radius 2 is 1.25 bits per heavy atom.